The van der Waals surface area contributed by atoms with Crippen LogP contribution in [0.3, 0.4) is 0 Å². The highest BCUT2D eigenvalue weighted by molar-refractivity contribution is 5.91. The Morgan fingerprint density at radius 3 is 2.29 bits per heavy atom. The summed E-state index contributed by atoms with van der Waals surface area (Å²) in [6, 6.07) is 6.60. The zero-order valence-electron chi connectivity index (χ0n) is 17.2. The second-order valence-corrected chi connectivity index (χ2v) is 8.00. The summed E-state index contributed by atoms with van der Waals surface area (Å²) in [6.45, 7) is 9.58. The molecule has 1 fully saturated rings. The van der Waals surface area contributed by atoms with Crippen LogP contribution in [0.4, 0.5) is 4.79 Å². The van der Waals surface area contributed by atoms with Crippen molar-refractivity contribution in [2.75, 3.05) is 19.7 Å². The van der Waals surface area contributed by atoms with Crippen LogP contribution in [0.25, 0.3) is 0 Å². The highest BCUT2D eigenvalue weighted by atomic mass is 16.5. The first-order valence-electron chi connectivity index (χ1n) is 9.82. The van der Waals surface area contributed by atoms with Gasteiger partial charge in [-0.2, -0.15) is 0 Å². The smallest absolute Gasteiger partial charge is 0.338 e. The monoisotopic (exact) mass is 389 g/mol. The van der Waals surface area contributed by atoms with Crippen molar-refractivity contribution in [2.45, 2.75) is 46.7 Å². The molecule has 7 nitrogen and oxygen atoms in total. The minimum absolute atomic E-state index is 0.0659. The van der Waals surface area contributed by atoms with Gasteiger partial charge in [-0.15, -0.1) is 0 Å². The number of rotatable bonds is 6. The normalized spacial score (nSPS) is 19.2. The molecule has 3 amide bonds. The molecule has 28 heavy (non-hydrogen) atoms. The summed E-state index contributed by atoms with van der Waals surface area (Å²) in [5.74, 6) is 0.256. The van der Waals surface area contributed by atoms with Crippen LogP contribution >= 0.6 is 0 Å². The largest absolute Gasteiger partial charge is 0.452 e. The van der Waals surface area contributed by atoms with Crippen LogP contribution < -0.4 is 10.6 Å². The number of ether oxygens (including phenoxy) is 1. The Hall–Kier alpha value is -2.57. The van der Waals surface area contributed by atoms with E-state index in [4.69, 9.17) is 4.74 Å². The Labute approximate surface area is 166 Å². The molecule has 1 heterocycles. The van der Waals surface area contributed by atoms with Gasteiger partial charge >= 0.3 is 12.0 Å². The van der Waals surface area contributed by atoms with Gasteiger partial charge in [0.05, 0.1) is 5.56 Å². The lowest BCUT2D eigenvalue weighted by Crippen LogP contribution is -2.44. The van der Waals surface area contributed by atoms with Crippen molar-refractivity contribution < 1.29 is 19.1 Å². The maximum absolute atomic E-state index is 12.3. The average Bonchev–Trinajstić information content (AvgIpc) is 2.63. The van der Waals surface area contributed by atoms with Crippen molar-refractivity contribution in [3.63, 3.8) is 0 Å². The fourth-order valence-electron chi connectivity index (χ4n) is 3.42. The van der Waals surface area contributed by atoms with Crippen molar-refractivity contribution in [3.8, 4) is 0 Å². The van der Waals surface area contributed by atoms with E-state index < -0.39 is 5.97 Å². The van der Waals surface area contributed by atoms with Gasteiger partial charge in [-0.05, 0) is 49.8 Å². The van der Waals surface area contributed by atoms with E-state index in [0.29, 0.717) is 37.0 Å². The molecule has 1 aromatic carbocycles. The first-order chi connectivity index (χ1) is 13.2. The number of urea groups is 1. The number of nitrogens with one attached hydrogen (secondary N) is 2. The van der Waals surface area contributed by atoms with Crippen molar-refractivity contribution in [3.05, 3.63) is 35.4 Å². The molecule has 1 saturated heterocycles. The van der Waals surface area contributed by atoms with Gasteiger partial charge in [0.15, 0.2) is 6.61 Å². The predicted octanol–water partition coefficient (Wildman–Crippen LogP) is 2.56. The van der Waals surface area contributed by atoms with Crippen LogP contribution in [0, 0.1) is 11.8 Å². The molecule has 2 atom stereocenters. The minimum atomic E-state index is -0.525. The summed E-state index contributed by atoms with van der Waals surface area (Å²) in [6.07, 6.45) is 1.11. The summed E-state index contributed by atoms with van der Waals surface area (Å²) in [5.41, 5.74) is 1.24. The van der Waals surface area contributed by atoms with Gasteiger partial charge in [-0.1, -0.05) is 26.0 Å². The quantitative estimate of drug-likeness (QED) is 0.732. The number of benzene rings is 1. The number of piperidine rings is 1. The van der Waals surface area contributed by atoms with Gasteiger partial charge in [-0.3, -0.25) is 4.79 Å². The lowest BCUT2D eigenvalue weighted by Gasteiger charge is -2.34. The van der Waals surface area contributed by atoms with Gasteiger partial charge in [0.2, 0.25) is 0 Å². The fourth-order valence-corrected chi connectivity index (χ4v) is 3.42. The number of likely N-dealkylation sites (tertiary alicyclic amines) is 1. The molecular formula is C21H31N3O4. The molecule has 2 N–H and O–H groups in total. The highest BCUT2D eigenvalue weighted by Gasteiger charge is 2.26. The Morgan fingerprint density at radius 1 is 1.11 bits per heavy atom. The molecule has 7 heteroatoms. The number of amides is 3. The van der Waals surface area contributed by atoms with Crippen LogP contribution in [0.2, 0.25) is 0 Å². The SMILES string of the molecule is CC(C)NC(=O)NCc1ccc(C(=O)OCC(=O)N2C[C@H](C)C[C@@H](C)C2)cc1. The van der Waals surface area contributed by atoms with E-state index >= 15 is 0 Å². The third-order valence-electron chi connectivity index (χ3n) is 4.61. The van der Waals surface area contributed by atoms with E-state index in [9.17, 15) is 14.4 Å². The van der Waals surface area contributed by atoms with E-state index in [2.05, 4.69) is 24.5 Å². The van der Waals surface area contributed by atoms with E-state index in [1.807, 2.05) is 13.8 Å². The zero-order chi connectivity index (χ0) is 20.7. The van der Waals surface area contributed by atoms with E-state index in [0.717, 1.165) is 12.0 Å². The Morgan fingerprint density at radius 2 is 1.71 bits per heavy atom. The molecule has 154 valence electrons. The van der Waals surface area contributed by atoms with Crippen LogP contribution in [-0.4, -0.2) is 48.5 Å². The molecule has 0 radical (unpaired) electrons. The van der Waals surface area contributed by atoms with Gasteiger partial charge < -0.3 is 20.3 Å². The second kappa shape index (κ2) is 10.1. The summed E-state index contributed by atoms with van der Waals surface area (Å²) < 4.78 is 5.19. The van der Waals surface area contributed by atoms with Gasteiger partial charge in [0.25, 0.3) is 5.91 Å². The Kier molecular flexibility index (Phi) is 7.84. The van der Waals surface area contributed by atoms with E-state index in [-0.39, 0.29) is 24.6 Å². The van der Waals surface area contributed by atoms with Crippen LogP contribution in [0.15, 0.2) is 24.3 Å². The molecule has 0 aromatic heterocycles. The van der Waals surface area contributed by atoms with Crippen LogP contribution in [0.5, 0.6) is 0 Å². The standard InChI is InChI=1S/C21H31N3O4/c1-14(2)23-21(27)22-10-17-5-7-18(8-6-17)20(26)28-13-19(25)24-11-15(3)9-16(4)12-24/h5-8,14-16H,9-13H2,1-4H3,(H2,22,23,27)/t15-,16-/m1/s1. The Bertz CT molecular complexity index is 677. The van der Waals surface area contributed by atoms with Crippen molar-refractivity contribution in [1.82, 2.24) is 15.5 Å². The minimum Gasteiger partial charge on any atom is -0.452 e. The highest BCUT2D eigenvalue weighted by Crippen LogP contribution is 2.21. The molecule has 1 aliphatic heterocycles. The lowest BCUT2D eigenvalue weighted by molar-refractivity contribution is -0.137. The first kappa shape index (κ1) is 21.7. The van der Waals surface area contributed by atoms with E-state index in [1.54, 1.807) is 29.2 Å². The molecular weight excluding hydrogens is 358 g/mol. The van der Waals surface area contributed by atoms with Crippen molar-refractivity contribution >= 4 is 17.9 Å². The van der Waals surface area contributed by atoms with Gasteiger partial charge in [-0.25, -0.2) is 9.59 Å². The average molecular weight is 389 g/mol. The second-order valence-electron chi connectivity index (χ2n) is 8.00. The molecule has 1 aromatic rings. The predicted molar refractivity (Wildman–Crippen MR) is 107 cm³/mol. The van der Waals surface area contributed by atoms with Gasteiger partial charge in [0, 0.05) is 25.7 Å². The summed E-state index contributed by atoms with van der Waals surface area (Å²) in [4.78, 5) is 37.9. The van der Waals surface area contributed by atoms with Crippen molar-refractivity contribution in [2.24, 2.45) is 11.8 Å². The third kappa shape index (κ3) is 6.87. The first-order valence-corrected chi connectivity index (χ1v) is 9.82. The number of esters is 1. The number of nitrogens with zero attached hydrogens (tertiary/aromatic N) is 1. The molecule has 0 spiro atoms. The van der Waals surface area contributed by atoms with Gasteiger partial charge in [0.1, 0.15) is 0 Å². The maximum Gasteiger partial charge on any atom is 0.338 e. The molecule has 2 rings (SSSR count). The number of hydrogen-bond donors (Lipinski definition) is 2. The Balaban J connectivity index is 1.79. The topological polar surface area (TPSA) is 87.7 Å². The summed E-state index contributed by atoms with van der Waals surface area (Å²) >= 11 is 0. The number of carbonyl (C=O) groups is 3. The summed E-state index contributed by atoms with van der Waals surface area (Å²) in [7, 11) is 0. The zero-order valence-corrected chi connectivity index (χ0v) is 17.2. The molecule has 0 bridgehead atoms. The van der Waals surface area contributed by atoms with Crippen LogP contribution in [-0.2, 0) is 16.1 Å². The number of carbonyl (C=O) groups excluding carboxylic acids is 3. The fraction of sp³-hybridized carbons (Fsp3) is 0.571. The van der Waals surface area contributed by atoms with Crippen LogP contribution in [0.1, 0.15) is 50.0 Å². The maximum atomic E-state index is 12.3. The molecule has 0 saturated carbocycles. The third-order valence-corrected chi connectivity index (χ3v) is 4.61. The molecule has 0 aliphatic carbocycles. The molecule has 0 unspecified atom stereocenters. The molecule has 1 aliphatic rings. The van der Waals surface area contributed by atoms with Crippen molar-refractivity contribution in [1.29, 1.82) is 0 Å². The number of hydrogen-bond acceptors (Lipinski definition) is 4. The lowest BCUT2D eigenvalue weighted by atomic mass is 9.92. The van der Waals surface area contributed by atoms with E-state index in [1.165, 1.54) is 0 Å². The summed E-state index contributed by atoms with van der Waals surface area (Å²) in [5, 5.41) is 5.49.